The number of hydrogen-bond donors (Lipinski definition) is 1. The third-order valence-electron chi connectivity index (χ3n) is 8.52. The van der Waals surface area contributed by atoms with Crippen molar-refractivity contribution in [2.75, 3.05) is 26.3 Å². The second-order valence-corrected chi connectivity index (χ2v) is 11.4. The lowest BCUT2D eigenvalue weighted by atomic mass is 9.62. The molecule has 0 spiro atoms. The average molecular weight is 576 g/mol. The molecule has 2 bridgehead atoms. The van der Waals surface area contributed by atoms with Crippen molar-refractivity contribution < 1.29 is 24.2 Å². The Morgan fingerprint density at radius 3 is 2.05 bits per heavy atom. The van der Waals surface area contributed by atoms with Crippen molar-refractivity contribution in [1.29, 1.82) is 0 Å². The average Bonchev–Trinajstić information content (AvgIpc) is 3.24. The van der Waals surface area contributed by atoms with Gasteiger partial charge in [-0.1, -0.05) is 83.0 Å². The highest BCUT2D eigenvalue weighted by Crippen LogP contribution is 2.52. The second-order valence-electron chi connectivity index (χ2n) is 10.5. The van der Waals surface area contributed by atoms with Gasteiger partial charge in [0.25, 0.3) is 0 Å². The van der Waals surface area contributed by atoms with Crippen LogP contribution >= 0.6 is 15.9 Å². The molecule has 1 aliphatic heterocycles. The Kier molecular flexibility index (Phi) is 6.74. The topological polar surface area (TPSA) is 76.1 Å². The third kappa shape index (κ3) is 4.31. The molecular weight excluding hydrogens is 546 g/mol. The fraction of sp³-hybridized carbons (Fsp3) is 0.355. The van der Waals surface area contributed by atoms with Crippen LogP contribution in [0.25, 0.3) is 11.1 Å². The van der Waals surface area contributed by atoms with Crippen LogP contribution in [-0.2, 0) is 19.9 Å². The zero-order valence-corrected chi connectivity index (χ0v) is 22.6. The van der Waals surface area contributed by atoms with E-state index in [-0.39, 0.29) is 37.1 Å². The molecule has 7 heteroatoms. The molecule has 3 aromatic carbocycles. The first-order valence-corrected chi connectivity index (χ1v) is 14.0. The van der Waals surface area contributed by atoms with Gasteiger partial charge in [0.15, 0.2) is 0 Å². The molecule has 2 unspecified atom stereocenters. The van der Waals surface area contributed by atoms with Crippen LogP contribution in [0.5, 0.6) is 0 Å². The van der Waals surface area contributed by atoms with E-state index >= 15 is 0 Å². The van der Waals surface area contributed by atoms with Crippen LogP contribution in [0, 0.1) is 11.8 Å². The summed E-state index contributed by atoms with van der Waals surface area (Å²) in [5, 5.41) is 9.45. The van der Waals surface area contributed by atoms with E-state index in [1.165, 1.54) is 22.3 Å². The minimum atomic E-state index is -0.987. The maximum Gasteiger partial charge on any atom is 0.409 e. The predicted molar refractivity (Wildman–Crippen MR) is 147 cm³/mol. The summed E-state index contributed by atoms with van der Waals surface area (Å²) in [4.78, 5) is 26.8. The number of benzene rings is 3. The summed E-state index contributed by atoms with van der Waals surface area (Å²) in [7, 11) is 0. The smallest absolute Gasteiger partial charge is 0.409 e. The highest BCUT2D eigenvalue weighted by atomic mass is 79.9. The number of rotatable bonds is 6. The van der Waals surface area contributed by atoms with Crippen LogP contribution in [0.1, 0.15) is 41.9 Å². The Bertz CT molecular complexity index is 1300. The number of nitrogens with zero attached hydrogens (tertiary/aromatic N) is 1. The highest BCUT2D eigenvalue weighted by Gasteiger charge is 2.55. The maximum absolute atomic E-state index is 13.4. The van der Waals surface area contributed by atoms with E-state index in [0.717, 1.165) is 29.3 Å². The number of carboxylic acids is 1. The number of carbonyl (C=O) groups is 2. The van der Waals surface area contributed by atoms with Gasteiger partial charge in [0.1, 0.15) is 18.8 Å². The lowest BCUT2D eigenvalue weighted by Gasteiger charge is -2.55. The van der Waals surface area contributed by atoms with Gasteiger partial charge in [0.05, 0.1) is 0 Å². The maximum atomic E-state index is 13.4. The number of carboxylic acid groups (broad SMARTS) is 1. The van der Waals surface area contributed by atoms with E-state index in [0.29, 0.717) is 13.1 Å². The molecular formula is C31H30BrNO5. The predicted octanol–water partition coefficient (Wildman–Crippen LogP) is 6.43. The van der Waals surface area contributed by atoms with Gasteiger partial charge in [-0.25, -0.2) is 9.59 Å². The van der Waals surface area contributed by atoms with Crippen LogP contribution in [0.2, 0.25) is 0 Å². The molecule has 0 radical (unpaired) electrons. The Morgan fingerprint density at radius 1 is 0.895 bits per heavy atom. The number of carbonyl (C=O) groups excluding carboxylic acids is 1. The van der Waals surface area contributed by atoms with Crippen molar-refractivity contribution in [3.05, 3.63) is 94.0 Å². The van der Waals surface area contributed by atoms with E-state index in [9.17, 15) is 14.7 Å². The van der Waals surface area contributed by atoms with Crippen molar-refractivity contribution in [2.24, 2.45) is 11.8 Å². The summed E-state index contributed by atoms with van der Waals surface area (Å²) in [5.41, 5.74) is 5.01. The molecule has 2 atom stereocenters. The van der Waals surface area contributed by atoms with Crippen molar-refractivity contribution in [2.45, 2.75) is 30.8 Å². The molecule has 0 aromatic heterocycles. The van der Waals surface area contributed by atoms with Crippen LogP contribution in [0.15, 0.2) is 77.3 Å². The largest absolute Gasteiger partial charge is 0.480 e. The van der Waals surface area contributed by atoms with Crippen LogP contribution < -0.4 is 0 Å². The van der Waals surface area contributed by atoms with Gasteiger partial charge < -0.3 is 19.5 Å². The molecule has 2 aliphatic carbocycles. The number of likely N-dealkylation sites (tertiary alicyclic amines) is 1. The molecule has 1 saturated carbocycles. The normalized spacial score (nSPS) is 24.0. The number of piperidine rings is 1. The first-order chi connectivity index (χ1) is 18.5. The molecule has 2 fully saturated rings. The molecule has 196 valence electrons. The molecule has 3 aromatic rings. The summed E-state index contributed by atoms with van der Waals surface area (Å²) in [6.07, 6.45) is 2.44. The number of hydrogen-bond acceptors (Lipinski definition) is 4. The zero-order chi connectivity index (χ0) is 26.3. The third-order valence-corrected chi connectivity index (χ3v) is 9.05. The van der Waals surface area contributed by atoms with Gasteiger partial charge >= 0.3 is 12.1 Å². The summed E-state index contributed by atoms with van der Waals surface area (Å²) in [5.74, 6) is -1.01. The molecule has 1 heterocycles. The Balaban J connectivity index is 1.22. The molecule has 6 rings (SSSR count). The number of aliphatic carboxylic acids is 1. The minimum Gasteiger partial charge on any atom is -0.480 e. The summed E-state index contributed by atoms with van der Waals surface area (Å²) in [6, 6.07) is 24.6. The SMILES string of the molecule is O=C(O)COC1(c2ccc(Br)cc2)C2CCCC1CN(C(=O)OCC1c3ccccc3-c3ccccc31)C2. The molecule has 1 N–H and O–H groups in total. The van der Waals surface area contributed by atoms with Crippen molar-refractivity contribution in [3.63, 3.8) is 0 Å². The van der Waals surface area contributed by atoms with Crippen LogP contribution in [0.4, 0.5) is 4.79 Å². The van der Waals surface area contributed by atoms with Gasteiger partial charge in [-0.05, 0) is 52.8 Å². The summed E-state index contributed by atoms with van der Waals surface area (Å²) in [6.45, 7) is 0.867. The molecule has 1 saturated heterocycles. The van der Waals surface area contributed by atoms with E-state index in [1.54, 1.807) is 0 Å². The van der Waals surface area contributed by atoms with E-state index in [1.807, 2.05) is 53.4 Å². The van der Waals surface area contributed by atoms with Crippen LogP contribution in [0.3, 0.4) is 0 Å². The van der Waals surface area contributed by atoms with Crippen molar-refractivity contribution in [1.82, 2.24) is 4.90 Å². The fourth-order valence-electron chi connectivity index (χ4n) is 6.95. The van der Waals surface area contributed by atoms with E-state index < -0.39 is 11.6 Å². The van der Waals surface area contributed by atoms with Gasteiger partial charge in [-0.3, -0.25) is 0 Å². The molecule has 38 heavy (non-hydrogen) atoms. The molecule has 3 aliphatic rings. The fourth-order valence-corrected chi connectivity index (χ4v) is 7.21. The standard InChI is InChI=1S/C31H30BrNO5/c32-23-14-12-20(13-15-23)31(38-19-29(34)35)21-6-5-7-22(31)17-33(16-21)30(36)37-18-28-26-10-3-1-8-24(26)25-9-2-4-11-27(25)28/h1-4,8-15,21-22,28H,5-7,16-19H2,(H,34,35). The van der Waals surface area contributed by atoms with Gasteiger partial charge in [0.2, 0.25) is 0 Å². The minimum absolute atomic E-state index is 0.0106. The van der Waals surface area contributed by atoms with Gasteiger partial charge in [-0.2, -0.15) is 0 Å². The summed E-state index contributed by atoms with van der Waals surface area (Å²) < 4.78 is 13.2. The van der Waals surface area contributed by atoms with Crippen molar-refractivity contribution in [3.8, 4) is 11.1 Å². The quantitative estimate of drug-likeness (QED) is 0.366. The summed E-state index contributed by atoms with van der Waals surface area (Å²) >= 11 is 3.50. The first-order valence-electron chi connectivity index (χ1n) is 13.2. The van der Waals surface area contributed by atoms with Gasteiger partial charge in [-0.15, -0.1) is 0 Å². The van der Waals surface area contributed by atoms with Crippen LogP contribution in [-0.4, -0.2) is 48.4 Å². The molecule has 6 nitrogen and oxygen atoms in total. The Hall–Kier alpha value is -3.16. The number of halogens is 1. The second kappa shape index (κ2) is 10.2. The van der Waals surface area contributed by atoms with E-state index in [2.05, 4.69) is 40.2 Å². The lowest BCUT2D eigenvalue weighted by molar-refractivity contribution is -0.192. The van der Waals surface area contributed by atoms with Gasteiger partial charge in [0, 0.05) is 35.3 Å². The number of fused-ring (bicyclic) bond motifs is 5. The van der Waals surface area contributed by atoms with E-state index in [4.69, 9.17) is 9.47 Å². The Morgan fingerprint density at radius 2 is 1.47 bits per heavy atom. The zero-order valence-electron chi connectivity index (χ0n) is 21.0. The Labute approximate surface area is 230 Å². The lowest BCUT2D eigenvalue weighted by Crippen LogP contribution is -2.60. The highest BCUT2D eigenvalue weighted by molar-refractivity contribution is 9.10. The molecule has 1 amide bonds. The monoisotopic (exact) mass is 575 g/mol. The number of amides is 1. The first kappa shape index (κ1) is 25.1. The number of ether oxygens (including phenoxy) is 2. The van der Waals surface area contributed by atoms with Crippen molar-refractivity contribution >= 4 is 28.0 Å².